The van der Waals surface area contributed by atoms with Crippen LogP contribution in [-0.4, -0.2) is 39.6 Å². The molecule has 0 aromatic heterocycles. The molecule has 0 heterocycles. The standard InChI is InChI=1S/C11H21O4/c1-4-12-5-6-13-7-8-14-9-10-15-11(2)3/h4H,1,5-10H2,2-3H3. The van der Waals surface area contributed by atoms with Gasteiger partial charge in [0.25, 0.3) is 0 Å². The highest BCUT2D eigenvalue weighted by Gasteiger charge is 1.94. The van der Waals surface area contributed by atoms with E-state index in [9.17, 15) is 0 Å². The molecule has 0 aliphatic carbocycles. The van der Waals surface area contributed by atoms with E-state index in [1.807, 2.05) is 13.8 Å². The molecular formula is C11H21O4. The molecule has 0 N–H and O–H groups in total. The van der Waals surface area contributed by atoms with Crippen molar-refractivity contribution >= 4 is 0 Å². The van der Waals surface area contributed by atoms with E-state index in [0.29, 0.717) is 39.6 Å². The fraction of sp³-hybridized carbons (Fsp3) is 0.727. The van der Waals surface area contributed by atoms with Gasteiger partial charge in [-0.15, -0.1) is 0 Å². The second kappa shape index (κ2) is 11.5. The average Bonchev–Trinajstić information content (AvgIpc) is 2.20. The van der Waals surface area contributed by atoms with Gasteiger partial charge in [0, 0.05) is 0 Å². The molecule has 0 bridgehead atoms. The maximum Gasteiger partial charge on any atom is 0.111 e. The summed E-state index contributed by atoms with van der Waals surface area (Å²) in [6.45, 7) is 10.7. The Morgan fingerprint density at radius 2 is 1.47 bits per heavy atom. The van der Waals surface area contributed by atoms with Crippen LogP contribution in [0.5, 0.6) is 0 Å². The van der Waals surface area contributed by atoms with Crippen molar-refractivity contribution in [2.24, 2.45) is 0 Å². The van der Waals surface area contributed by atoms with E-state index < -0.39 is 0 Å². The predicted octanol–water partition coefficient (Wildman–Crippen LogP) is 1.77. The smallest absolute Gasteiger partial charge is 0.111 e. The van der Waals surface area contributed by atoms with E-state index in [2.05, 4.69) is 6.58 Å². The summed E-state index contributed by atoms with van der Waals surface area (Å²) in [5, 5.41) is 0. The van der Waals surface area contributed by atoms with Gasteiger partial charge in [0.2, 0.25) is 0 Å². The number of hydrogen-bond donors (Lipinski definition) is 0. The van der Waals surface area contributed by atoms with Crippen LogP contribution in [0.2, 0.25) is 0 Å². The van der Waals surface area contributed by atoms with Crippen molar-refractivity contribution in [1.82, 2.24) is 0 Å². The lowest BCUT2D eigenvalue weighted by Crippen LogP contribution is -2.11. The molecule has 0 aromatic carbocycles. The third kappa shape index (κ3) is 13.4. The van der Waals surface area contributed by atoms with E-state index in [0.717, 1.165) is 6.10 Å². The SMILES string of the molecule is C=COCCOCCOCCO[C](C)C. The van der Waals surface area contributed by atoms with E-state index in [-0.39, 0.29) is 0 Å². The molecule has 0 aliphatic heterocycles. The normalized spacial score (nSPS) is 10.6. The molecule has 4 nitrogen and oxygen atoms in total. The Labute approximate surface area is 92.2 Å². The summed E-state index contributed by atoms with van der Waals surface area (Å²) in [7, 11) is 0. The Morgan fingerprint density at radius 3 is 2.00 bits per heavy atom. The molecule has 0 saturated heterocycles. The van der Waals surface area contributed by atoms with Crippen LogP contribution in [0.4, 0.5) is 0 Å². The molecule has 0 rings (SSSR count). The highest BCUT2D eigenvalue weighted by Crippen LogP contribution is 1.95. The van der Waals surface area contributed by atoms with Crippen molar-refractivity contribution in [2.45, 2.75) is 13.8 Å². The van der Waals surface area contributed by atoms with E-state index in [1.165, 1.54) is 6.26 Å². The lowest BCUT2D eigenvalue weighted by Gasteiger charge is -2.07. The average molecular weight is 217 g/mol. The molecule has 1 radical (unpaired) electrons. The van der Waals surface area contributed by atoms with E-state index >= 15 is 0 Å². The maximum atomic E-state index is 5.27. The molecule has 0 spiro atoms. The van der Waals surface area contributed by atoms with Gasteiger partial charge in [0.05, 0.1) is 45.4 Å². The molecule has 0 aromatic rings. The quantitative estimate of drug-likeness (QED) is 0.390. The summed E-state index contributed by atoms with van der Waals surface area (Å²) in [6, 6.07) is 0. The summed E-state index contributed by atoms with van der Waals surface area (Å²) < 4.78 is 20.6. The number of rotatable bonds is 11. The zero-order valence-corrected chi connectivity index (χ0v) is 9.66. The first-order valence-corrected chi connectivity index (χ1v) is 5.08. The molecule has 15 heavy (non-hydrogen) atoms. The van der Waals surface area contributed by atoms with Crippen molar-refractivity contribution in [3.63, 3.8) is 0 Å². The van der Waals surface area contributed by atoms with Crippen LogP contribution in [0.15, 0.2) is 12.8 Å². The van der Waals surface area contributed by atoms with Crippen LogP contribution < -0.4 is 0 Å². The maximum absolute atomic E-state index is 5.27. The second-order valence-corrected chi connectivity index (χ2v) is 3.02. The zero-order valence-electron chi connectivity index (χ0n) is 9.66. The lowest BCUT2D eigenvalue weighted by atomic mass is 10.5. The highest BCUT2D eigenvalue weighted by atomic mass is 16.6. The molecule has 0 aliphatic rings. The van der Waals surface area contributed by atoms with Crippen LogP contribution in [0.1, 0.15) is 13.8 Å². The van der Waals surface area contributed by atoms with Crippen LogP contribution in [0, 0.1) is 6.10 Å². The Morgan fingerprint density at radius 1 is 0.933 bits per heavy atom. The van der Waals surface area contributed by atoms with Gasteiger partial charge in [-0.25, -0.2) is 0 Å². The molecule has 0 unspecified atom stereocenters. The van der Waals surface area contributed by atoms with Crippen molar-refractivity contribution in [3.8, 4) is 0 Å². The van der Waals surface area contributed by atoms with Gasteiger partial charge in [-0.2, -0.15) is 0 Å². The summed E-state index contributed by atoms with van der Waals surface area (Å²) >= 11 is 0. The predicted molar refractivity (Wildman–Crippen MR) is 58.3 cm³/mol. The minimum Gasteiger partial charge on any atom is -0.499 e. The van der Waals surface area contributed by atoms with Crippen LogP contribution in [0.3, 0.4) is 0 Å². The molecule has 0 amide bonds. The minimum absolute atomic E-state index is 0.538. The van der Waals surface area contributed by atoms with Gasteiger partial charge in [-0.3, -0.25) is 0 Å². The first-order chi connectivity index (χ1) is 7.27. The topological polar surface area (TPSA) is 36.9 Å². The second-order valence-electron chi connectivity index (χ2n) is 3.02. The zero-order chi connectivity index (χ0) is 11.4. The van der Waals surface area contributed by atoms with Gasteiger partial charge in [-0.1, -0.05) is 6.58 Å². The molecule has 0 saturated carbocycles. The molecule has 0 atom stereocenters. The summed E-state index contributed by atoms with van der Waals surface area (Å²) in [4.78, 5) is 0. The molecule has 4 heteroatoms. The van der Waals surface area contributed by atoms with E-state index in [4.69, 9.17) is 18.9 Å². The Hall–Kier alpha value is -0.580. The monoisotopic (exact) mass is 217 g/mol. The Balaban J connectivity index is 2.89. The van der Waals surface area contributed by atoms with Gasteiger partial charge < -0.3 is 18.9 Å². The Kier molecular flexibility index (Phi) is 11.1. The van der Waals surface area contributed by atoms with Crippen molar-refractivity contribution in [1.29, 1.82) is 0 Å². The fourth-order valence-electron chi connectivity index (χ4n) is 0.817. The summed E-state index contributed by atoms with van der Waals surface area (Å²) in [5.74, 6) is 0. The lowest BCUT2D eigenvalue weighted by molar-refractivity contribution is 0.0102. The third-order valence-electron chi connectivity index (χ3n) is 1.45. The molecule has 89 valence electrons. The Bertz CT molecular complexity index is 137. The first-order valence-electron chi connectivity index (χ1n) is 5.08. The van der Waals surface area contributed by atoms with Crippen molar-refractivity contribution in [2.75, 3.05) is 39.6 Å². The van der Waals surface area contributed by atoms with Crippen LogP contribution in [-0.2, 0) is 18.9 Å². The summed E-state index contributed by atoms with van der Waals surface area (Å²) in [6.07, 6.45) is 2.36. The van der Waals surface area contributed by atoms with Gasteiger partial charge in [0.15, 0.2) is 0 Å². The van der Waals surface area contributed by atoms with Crippen molar-refractivity contribution in [3.05, 3.63) is 18.9 Å². The minimum atomic E-state index is 0.538. The van der Waals surface area contributed by atoms with Gasteiger partial charge in [0.1, 0.15) is 6.61 Å². The fourth-order valence-corrected chi connectivity index (χ4v) is 0.817. The van der Waals surface area contributed by atoms with Gasteiger partial charge >= 0.3 is 0 Å². The van der Waals surface area contributed by atoms with Crippen molar-refractivity contribution < 1.29 is 18.9 Å². The largest absolute Gasteiger partial charge is 0.499 e. The first kappa shape index (κ1) is 14.4. The number of hydrogen-bond acceptors (Lipinski definition) is 4. The molecular weight excluding hydrogens is 196 g/mol. The third-order valence-corrected chi connectivity index (χ3v) is 1.45. The summed E-state index contributed by atoms with van der Waals surface area (Å²) in [5.41, 5.74) is 0. The van der Waals surface area contributed by atoms with E-state index in [1.54, 1.807) is 0 Å². The van der Waals surface area contributed by atoms with Gasteiger partial charge in [-0.05, 0) is 13.8 Å². The number of ether oxygens (including phenoxy) is 4. The highest BCUT2D eigenvalue weighted by molar-refractivity contribution is 4.59. The van der Waals surface area contributed by atoms with Crippen LogP contribution >= 0.6 is 0 Å². The van der Waals surface area contributed by atoms with Crippen LogP contribution in [0.25, 0.3) is 0 Å². The molecule has 0 fully saturated rings.